The van der Waals surface area contributed by atoms with Crippen LogP contribution < -0.4 is 10.5 Å². The summed E-state index contributed by atoms with van der Waals surface area (Å²) in [5.41, 5.74) is 8.37. The van der Waals surface area contributed by atoms with Crippen LogP contribution in [0.15, 0.2) is 24.3 Å². The summed E-state index contributed by atoms with van der Waals surface area (Å²) in [6.07, 6.45) is -0.294. The molecule has 27 heavy (non-hydrogen) atoms. The van der Waals surface area contributed by atoms with Crippen molar-refractivity contribution in [3.8, 4) is 22.6 Å². The lowest BCUT2D eigenvalue weighted by molar-refractivity contribution is -0.143. The van der Waals surface area contributed by atoms with Crippen molar-refractivity contribution >= 4 is 18.6 Å². The number of thiol groups is 1. The molecule has 2 rings (SSSR count). The summed E-state index contributed by atoms with van der Waals surface area (Å²) in [5, 5.41) is 10.4. The van der Waals surface area contributed by atoms with E-state index in [2.05, 4.69) is 12.6 Å². The second-order valence-electron chi connectivity index (χ2n) is 6.40. The molecule has 2 aromatic rings. The smallest absolute Gasteiger partial charge is 0.308 e. The average molecular weight is 393 g/mol. The maximum Gasteiger partial charge on any atom is 0.308 e. The van der Waals surface area contributed by atoms with Gasteiger partial charge in [-0.15, -0.1) is 0 Å². The molecule has 0 heterocycles. The Labute approximate surface area is 163 Å². The van der Waals surface area contributed by atoms with Crippen LogP contribution >= 0.6 is 12.6 Å². The number of phenols is 1. The van der Waals surface area contributed by atoms with Crippen molar-refractivity contribution in [2.24, 2.45) is 5.73 Å². The highest BCUT2D eigenvalue weighted by molar-refractivity contribution is 7.81. The summed E-state index contributed by atoms with van der Waals surface area (Å²) in [6, 6.07) is 6.36. The molecule has 1 atom stereocenters. The highest BCUT2D eigenvalue weighted by atomic mass is 32.1. The fraction of sp³-hybridized carbons (Fsp3) is 0.350. The van der Waals surface area contributed by atoms with Crippen molar-refractivity contribution in [3.63, 3.8) is 0 Å². The van der Waals surface area contributed by atoms with Crippen LogP contribution in [-0.4, -0.2) is 24.8 Å². The van der Waals surface area contributed by atoms with Gasteiger partial charge in [-0.3, -0.25) is 4.79 Å². The third-order valence-corrected chi connectivity index (χ3v) is 4.65. The van der Waals surface area contributed by atoms with Crippen LogP contribution in [0.5, 0.6) is 11.5 Å². The molecule has 0 aliphatic heterocycles. The van der Waals surface area contributed by atoms with Gasteiger partial charge in [0.15, 0.2) is 0 Å². The number of methoxy groups -OCH3 is 1. The minimum Gasteiger partial charge on any atom is -0.507 e. The van der Waals surface area contributed by atoms with E-state index in [0.29, 0.717) is 22.4 Å². The largest absolute Gasteiger partial charge is 0.507 e. The Balaban J connectivity index is 2.59. The molecule has 7 heteroatoms. The SMILES string of the molecule is CCOC(=O)CC(N)(S)c1cc(-c2c(C)cc(OC)cc2O)cc(C)c1F. The van der Waals surface area contributed by atoms with Crippen molar-refractivity contribution < 1.29 is 23.8 Å². The predicted molar refractivity (Wildman–Crippen MR) is 106 cm³/mol. The molecule has 0 aliphatic carbocycles. The van der Waals surface area contributed by atoms with Crippen LogP contribution in [-0.2, 0) is 14.4 Å². The van der Waals surface area contributed by atoms with Gasteiger partial charge in [0.2, 0.25) is 0 Å². The van der Waals surface area contributed by atoms with Gasteiger partial charge in [-0.25, -0.2) is 4.39 Å². The maximum absolute atomic E-state index is 14.8. The minimum atomic E-state index is -1.56. The molecule has 5 nitrogen and oxygen atoms in total. The van der Waals surface area contributed by atoms with Gasteiger partial charge in [0.05, 0.1) is 25.0 Å². The summed E-state index contributed by atoms with van der Waals surface area (Å²) in [6.45, 7) is 5.27. The van der Waals surface area contributed by atoms with Crippen molar-refractivity contribution in [3.05, 3.63) is 46.8 Å². The number of carbonyl (C=O) groups excluding carboxylic acids is 1. The first kappa shape index (κ1) is 21.1. The van der Waals surface area contributed by atoms with E-state index in [1.54, 1.807) is 26.0 Å². The molecule has 1 unspecified atom stereocenters. The van der Waals surface area contributed by atoms with E-state index in [1.165, 1.54) is 19.2 Å². The van der Waals surface area contributed by atoms with Crippen LogP contribution in [0.1, 0.15) is 30.0 Å². The first-order chi connectivity index (χ1) is 12.6. The van der Waals surface area contributed by atoms with Crippen LogP contribution in [0.3, 0.4) is 0 Å². The Bertz CT molecular complexity index is 844. The first-order valence-corrected chi connectivity index (χ1v) is 8.90. The van der Waals surface area contributed by atoms with Gasteiger partial charge in [-0.05, 0) is 55.7 Å². The molecule has 0 aliphatic rings. The number of esters is 1. The van der Waals surface area contributed by atoms with E-state index in [4.69, 9.17) is 15.2 Å². The third kappa shape index (κ3) is 4.54. The number of rotatable bonds is 6. The summed E-state index contributed by atoms with van der Waals surface area (Å²) in [4.78, 5) is 10.3. The van der Waals surface area contributed by atoms with Crippen molar-refractivity contribution in [2.75, 3.05) is 13.7 Å². The predicted octanol–water partition coefficient (Wildman–Crippen LogP) is 3.82. The van der Waals surface area contributed by atoms with Gasteiger partial charge < -0.3 is 20.3 Å². The summed E-state index contributed by atoms with van der Waals surface area (Å²) < 4.78 is 24.8. The maximum atomic E-state index is 14.8. The topological polar surface area (TPSA) is 81.8 Å². The third-order valence-electron chi connectivity index (χ3n) is 4.25. The van der Waals surface area contributed by atoms with E-state index in [0.717, 1.165) is 5.56 Å². The molecule has 0 fully saturated rings. The lowest BCUT2D eigenvalue weighted by Crippen LogP contribution is -2.35. The zero-order valence-electron chi connectivity index (χ0n) is 15.8. The van der Waals surface area contributed by atoms with E-state index >= 15 is 0 Å². The number of nitrogens with two attached hydrogens (primary N) is 1. The number of benzene rings is 2. The number of phenolic OH excluding ortho intramolecular Hbond substituents is 1. The Morgan fingerprint density at radius 3 is 2.48 bits per heavy atom. The Morgan fingerprint density at radius 2 is 1.93 bits per heavy atom. The van der Waals surface area contributed by atoms with E-state index in [9.17, 15) is 14.3 Å². The number of carbonyl (C=O) groups is 1. The lowest BCUT2D eigenvalue weighted by atomic mass is 9.92. The fourth-order valence-electron chi connectivity index (χ4n) is 2.99. The zero-order valence-corrected chi connectivity index (χ0v) is 16.7. The molecule has 3 N–H and O–H groups in total. The van der Waals surface area contributed by atoms with Crippen molar-refractivity contribution in [1.29, 1.82) is 0 Å². The number of hydrogen-bond donors (Lipinski definition) is 3. The minimum absolute atomic E-state index is 0.00372. The van der Waals surface area contributed by atoms with Gasteiger partial charge in [-0.1, -0.05) is 0 Å². The second kappa shape index (κ2) is 8.19. The Kier molecular flexibility index (Phi) is 6.38. The summed E-state index contributed by atoms with van der Waals surface area (Å²) >= 11 is 4.32. The zero-order chi connectivity index (χ0) is 20.4. The molecule has 0 bridgehead atoms. The van der Waals surface area contributed by atoms with E-state index in [-0.39, 0.29) is 24.3 Å². The number of hydrogen-bond acceptors (Lipinski definition) is 6. The number of halogens is 1. The summed E-state index contributed by atoms with van der Waals surface area (Å²) in [5.74, 6) is -0.611. The standard InChI is InChI=1S/C20H24FNO4S/c1-5-26-17(24)10-20(22,27)15-8-13(6-12(3)19(15)21)18-11(2)7-14(25-4)9-16(18)23/h6-9,23,27H,5,10,22H2,1-4H3. The number of aromatic hydroxyl groups is 1. The monoisotopic (exact) mass is 393 g/mol. The Hall–Kier alpha value is -2.25. The second-order valence-corrected chi connectivity index (χ2v) is 7.20. The van der Waals surface area contributed by atoms with Crippen molar-refractivity contribution in [2.45, 2.75) is 32.1 Å². The molecular weight excluding hydrogens is 369 g/mol. The number of aryl methyl sites for hydroxylation is 2. The molecule has 0 aromatic heterocycles. The molecule has 0 spiro atoms. The van der Waals surface area contributed by atoms with Gasteiger partial charge in [-0.2, -0.15) is 12.6 Å². The molecule has 2 aromatic carbocycles. The number of ether oxygens (including phenoxy) is 2. The van der Waals surface area contributed by atoms with Crippen LogP contribution in [0.4, 0.5) is 4.39 Å². The van der Waals surface area contributed by atoms with E-state index < -0.39 is 16.7 Å². The van der Waals surface area contributed by atoms with Gasteiger partial charge in [0.1, 0.15) is 17.3 Å². The van der Waals surface area contributed by atoms with Gasteiger partial charge in [0.25, 0.3) is 0 Å². The average Bonchev–Trinajstić information content (AvgIpc) is 2.56. The highest BCUT2D eigenvalue weighted by Crippen LogP contribution is 2.40. The summed E-state index contributed by atoms with van der Waals surface area (Å²) in [7, 11) is 1.51. The Morgan fingerprint density at radius 1 is 1.26 bits per heavy atom. The fourth-order valence-corrected chi connectivity index (χ4v) is 3.28. The van der Waals surface area contributed by atoms with Crippen LogP contribution in [0, 0.1) is 19.7 Å². The molecule has 146 valence electrons. The first-order valence-electron chi connectivity index (χ1n) is 8.46. The quantitative estimate of drug-likeness (QED) is 0.395. The van der Waals surface area contributed by atoms with Gasteiger partial charge in [0, 0.05) is 17.2 Å². The molecule has 0 saturated carbocycles. The molecular formula is C20H24FNO4S. The van der Waals surface area contributed by atoms with Gasteiger partial charge >= 0.3 is 5.97 Å². The molecule has 0 radical (unpaired) electrons. The van der Waals surface area contributed by atoms with Crippen LogP contribution in [0.25, 0.3) is 11.1 Å². The van der Waals surface area contributed by atoms with E-state index in [1.807, 2.05) is 6.92 Å². The van der Waals surface area contributed by atoms with Crippen molar-refractivity contribution in [1.82, 2.24) is 0 Å². The normalized spacial score (nSPS) is 13.1. The molecule has 0 amide bonds. The highest BCUT2D eigenvalue weighted by Gasteiger charge is 2.31. The lowest BCUT2D eigenvalue weighted by Gasteiger charge is -2.25. The molecule has 0 saturated heterocycles. The van der Waals surface area contributed by atoms with Crippen LogP contribution in [0.2, 0.25) is 0 Å².